The first-order valence-corrected chi connectivity index (χ1v) is 6.56. The molecule has 17 heavy (non-hydrogen) atoms. The number of hydrogen-bond donors (Lipinski definition) is 0. The average molecular weight is 249 g/mol. The van der Waals surface area contributed by atoms with Gasteiger partial charge in [-0.25, -0.2) is 4.98 Å². The Hall–Kier alpha value is -1.38. The summed E-state index contributed by atoms with van der Waals surface area (Å²) < 4.78 is 0. The third-order valence-electron chi connectivity index (χ3n) is 2.95. The van der Waals surface area contributed by atoms with E-state index in [1.165, 1.54) is 11.3 Å². The summed E-state index contributed by atoms with van der Waals surface area (Å²) in [7, 11) is 0. The zero-order chi connectivity index (χ0) is 12.3. The summed E-state index contributed by atoms with van der Waals surface area (Å²) in [5.41, 5.74) is 0.480. The van der Waals surface area contributed by atoms with Crippen molar-refractivity contribution < 1.29 is 4.79 Å². The van der Waals surface area contributed by atoms with Gasteiger partial charge in [-0.2, -0.15) is 0 Å². The van der Waals surface area contributed by atoms with Crippen molar-refractivity contribution in [3.63, 3.8) is 0 Å². The average Bonchev–Trinajstić information content (AvgIpc) is 2.87. The number of piperazine rings is 1. The molecule has 0 spiro atoms. The molecule has 0 atom stereocenters. The van der Waals surface area contributed by atoms with Gasteiger partial charge in [-0.1, -0.05) is 6.92 Å². The van der Waals surface area contributed by atoms with E-state index in [2.05, 4.69) is 22.7 Å². The van der Waals surface area contributed by atoms with E-state index in [1.54, 1.807) is 5.38 Å². The largest absolute Gasteiger partial charge is 0.335 e. The predicted molar refractivity (Wildman–Crippen MR) is 68.1 cm³/mol. The van der Waals surface area contributed by atoms with E-state index >= 15 is 0 Å². The highest BCUT2D eigenvalue weighted by atomic mass is 32.1. The zero-order valence-electron chi connectivity index (χ0n) is 9.85. The maximum Gasteiger partial charge on any atom is 0.273 e. The van der Waals surface area contributed by atoms with Crippen molar-refractivity contribution in [3.8, 4) is 12.3 Å². The highest BCUT2D eigenvalue weighted by molar-refractivity contribution is 7.10. The smallest absolute Gasteiger partial charge is 0.273 e. The minimum absolute atomic E-state index is 0.00139. The molecule has 0 bridgehead atoms. The molecule has 1 aromatic rings. The van der Waals surface area contributed by atoms with Crippen LogP contribution in [0.1, 0.15) is 22.4 Å². The van der Waals surface area contributed by atoms with E-state index in [1.807, 2.05) is 4.90 Å². The second-order valence-corrected chi connectivity index (χ2v) is 4.77. The van der Waals surface area contributed by atoms with Crippen molar-refractivity contribution in [1.29, 1.82) is 0 Å². The van der Waals surface area contributed by atoms with Crippen LogP contribution >= 0.6 is 11.3 Å². The molecule has 0 aliphatic carbocycles. The molecule has 2 heterocycles. The quantitative estimate of drug-likeness (QED) is 0.731. The summed E-state index contributed by atoms with van der Waals surface area (Å²) >= 11 is 1.34. The molecular formula is C12H15N3OS. The van der Waals surface area contributed by atoms with E-state index in [0.717, 1.165) is 32.7 Å². The molecule has 2 rings (SSSR count). The number of carbonyl (C=O) groups is 1. The summed E-state index contributed by atoms with van der Waals surface area (Å²) in [5, 5.41) is 2.31. The number of carbonyl (C=O) groups excluding carboxylic acids is 1. The highest BCUT2D eigenvalue weighted by Gasteiger charge is 2.22. The molecule has 1 saturated heterocycles. The fourth-order valence-corrected chi connectivity index (χ4v) is 2.46. The first kappa shape index (κ1) is 12.1. The topological polar surface area (TPSA) is 36.4 Å². The summed E-state index contributed by atoms with van der Waals surface area (Å²) in [5.74, 6) is 2.45. The normalized spacial score (nSPS) is 16.8. The maximum absolute atomic E-state index is 12.1. The first-order chi connectivity index (χ1) is 8.24. The molecule has 1 aromatic heterocycles. The van der Waals surface area contributed by atoms with Crippen LogP contribution in [0, 0.1) is 12.3 Å². The standard InChI is InChI=1S/C12H15N3OS/c1-3-11-13-10(9-17-11)12(16)15-7-5-14(4-2)6-8-15/h1,9H,4-8H2,2H3. The van der Waals surface area contributed by atoms with Gasteiger partial charge in [-0.15, -0.1) is 17.8 Å². The molecule has 1 aliphatic rings. The van der Waals surface area contributed by atoms with Crippen LogP contribution in [-0.4, -0.2) is 53.4 Å². The Morgan fingerprint density at radius 1 is 1.53 bits per heavy atom. The van der Waals surface area contributed by atoms with Crippen LogP contribution in [-0.2, 0) is 0 Å². The first-order valence-electron chi connectivity index (χ1n) is 5.68. The third-order valence-corrected chi connectivity index (χ3v) is 3.73. The molecular weight excluding hydrogens is 234 g/mol. The van der Waals surface area contributed by atoms with Gasteiger partial charge in [0, 0.05) is 31.6 Å². The maximum atomic E-state index is 12.1. The molecule has 5 heteroatoms. The minimum atomic E-state index is -0.00139. The van der Waals surface area contributed by atoms with Gasteiger partial charge in [0.25, 0.3) is 5.91 Å². The molecule has 0 unspecified atom stereocenters. The number of hydrogen-bond acceptors (Lipinski definition) is 4. The fraction of sp³-hybridized carbons (Fsp3) is 0.500. The number of aromatic nitrogens is 1. The number of nitrogens with zero attached hydrogens (tertiary/aromatic N) is 3. The van der Waals surface area contributed by atoms with Crippen LogP contribution in [0.25, 0.3) is 0 Å². The Bertz CT molecular complexity index is 441. The van der Waals surface area contributed by atoms with Gasteiger partial charge in [0.1, 0.15) is 5.69 Å². The van der Waals surface area contributed by atoms with Crippen molar-refractivity contribution in [2.45, 2.75) is 6.92 Å². The summed E-state index contributed by atoms with van der Waals surface area (Å²) in [6.07, 6.45) is 5.24. The van der Waals surface area contributed by atoms with Gasteiger partial charge in [0.15, 0.2) is 5.01 Å². The molecule has 0 N–H and O–H groups in total. The van der Waals surface area contributed by atoms with Gasteiger partial charge in [0.2, 0.25) is 0 Å². The second-order valence-electron chi connectivity index (χ2n) is 3.91. The molecule has 1 amide bonds. The number of amides is 1. The van der Waals surface area contributed by atoms with Crippen LogP contribution in [0.3, 0.4) is 0 Å². The number of likely N-dealkylation sites (N-methyl/N-ethyl adjacent to an activating group) is 1. The van der Waals surface area contributed by atoms with Gasteiger partial charge in [-0.05, 0) is 12.5 Å². The number of rotatable bonds is 2. The molecule has 0 aromatic carbocycles. The lowest BCUT2D eigenvalue weighted by molar-refractivity contribution is 0.0638. The molecule has 4 nitrogen and oxygen atoms in total. The van der Waals surface area contributed by atoms with Crippen LogP contribution in [0.2, 0.25) is 0 Å². The Balaban J connectivity index is 1.99. The van der Waals surface area contributed by atoms with E-state index in [-0.39, 0.29) is 5.91 Å². The monoisotopic (exact) mass is 249 g/mol. The molecule has 1 aliphatic heterocycles. The van der Waals surface area contributed by atoms with Crippen molar-refractivity contribution in [3.05, 3.63) is 16.1 Å². The van der Waals surface area contributed by atoms with Crippen LogP contribution in [0.4, 0.5) is 0 Å². The summed E-state index contributed by atoms with van der Waals surface area (Å²) in [6.45, 7) is 6.60. The molecule has 0 radical (unpaired) electrons. The van der Waals surface area contributed by atoms with Crippen LogP contribution < -0.4 is 0 Å². The van der Waals surface area contributed by atoms with Crippen molar-refractivity contribution in [2.75, 3.05) is 32.7 Å². The van der Waals surface area contributed by atoms with Crippen LogP contribution in [0.15, 0.2) is 5.38 Å². The number of terminal acetylenes is 1. The summed E-state index contributed by atoms with van der Waals surface area (Å²) in [4.78, 5) is 20.4. The summed E-state index contributed by atoms with van der Waals surface area (Å²) in [6, 6.07) is 0. The van der Waals surface area contributed by atoms with E-state index in [9.17, 15) is 4.79 Å². The Morgan fingerprint density at radius 3 is 2.76 bits per heavy atom. The Morgan fingerprint density at radius 2 is 2.24 bits per heavy atom. The van der Waals surface area contributed by atoms with Gasteiger partial charge in [-0.3, -0.25) is 4.79 Å². The fourth-order valence-electron chi connectivity index (χ4n) is 1.87. The lowest BCUT2D eigenvalue weighted by Crippen LogP contribution is -2.48. The lowest BCUT2D eigenvalue weighted by Gasteiger charge is -2.33. The Labute approximate surface area is 105 Å². The molecule has 0 saturated carbocycles. The SMILES string of the molecule is C#Cc1nc(C(=O)N2CCN(CC)CC2)cs1. The van der Waals surface area contributed by atoms with Gasteiger partial charge in [0.05, 0.1) is 0 Å². The predicted octanol–water partition coefficient (Wildman–Crippen LogP) is 0.902. The molecule has 90 valence electrons. The highest BCUT2D eigenvalue weighted by Crippen LogP contribution is 2.12. The second kappa shape index (κ2) is 5.30. The Kier molecular flexibility index (Phi) is 3.77. The van der Waals surface area contributed by atoms with Crippen molar-refractivity contribution >= 4 is 17.2 Å². The van der Waals surface area contributed by atoms with Crippen LogP contribution in [0.5, 0.6) is 0 Å². The zero-order valence-corrected chi connectivity index (χ0v) is 10.7. The lowest BCUT2D eigenvalue weighted by atomic mass is 10.3. The van der Waals surface area contributed by atoms with Gasteiger partial charge < -0.3 is 9.80 Å². The van der Waals surface area contributed by atoms with Crippen molar-refractivity contribution in [1.82, 2.24) is 14.8 Å². The third kappa shape index (κ3) is 2.65. The van der Waals surface area contributed by atoms with E-state index < -0.39 is 0 Å². The minimum Gasteiger partial charge on any atom is -0.335 e. The van der Waals surface area contributed by atoms with Gasteiger partial charge >= 0.3 is 0 Å². The molecule has 1 fully saturated rings. The van der Waals surface area contributed by atoms with Crippen molar-refractivity contribution in [2.24, 2.45) is 0 Å². The number of thiazole rings is 1. The van der Waals surface area contributed by atoms with E-state index in [0.29, 0.717) is 10.7 Å². The van der Waals surface area contributed by atoms with E-state index in [4.69, 9.17) is 6.42 Å².